The summed E-state index contributed by atoms with van der Waals surface area (Å²) in [4.78, 5) is 29.2. The summed E-state index contributed by atoms with van der Waals surface area (Å²) in [5, 5.41) is 14.1. The van der Waals surface area contributed by atoms with Crippen molar-refractivity contribution in [3.05, 3.63) is 70.0 Å². The number of nitrogens with two attached hydrogens (primary N) is 1. The number of aromatic amines is 1. The van der Waals surface area contributed by atoms with Gasteiger partial charge in [-0.2, -0.15) is 0 Å². The Bertz CT molecular complexity index is 699. The van der Waals surface area contributed by atoms with Gasteiger partial charge in [0, 0.05) is 24.3 Å². The number of oxime groups is 1. The highest BCUT2D eigenvalue weighted by molar-refractivity contribution is 5.94. The highest BCUT2D eigenvalue weighted by Crippen LogP contribution is 2.12. The van der Waals surface area contributed by atoms with Gasteiger partial charge in [-0.05, 0) is 11.6 Å². The van der Waals surface area contributed by atoms with Crippen molar-refractivity contribution in [3.8, 4) is 0 Å². The molecule has 2 aromatic rings. The first kappa shape index (κ1) is 15.1. The van der Waals surface area contributed by atoms with E-state index in [0.29, 0.717) is 11.3 Å². The smallest absolute Gasteiger partial charge is 0.339 e. The Morgan fingerprint density at radius 2 is 2.00 bits per heavy atom. The fourth-order valence-electron chi connectivity index (χ4n) is 1.64. The third-order valence-corrected chi connectivity index (χ3v) is 2.73. The molecule has 112 valence electrons. The SMILES string of the molecule is NC(=NOC(=O)Cc1ccc([N+](=O)[O-])cc1)c1cccc[nH+]1. The first-order valence-electron chi connectivity index (χ1n) is 6.30. The minimum Gasteiger partial charge on any atom is -0.375 e. The normalized spacial score (nSPS) is 11.0. The van der Waals surface area contributed by atoms with E-state index in [1.165, 1.54) is 24.3 Å². The number of carbonyl (C=O) groups excluding carboxylic acids is 1. The van der Waals surface area contributed by atoms with Crippen molar-refractivity contribution >= 4 is 17.5 Å². The van der Waals surface area contributed by atoms with Gasteiger partial charge in [0.1, 0.15) is 0 Å². The van der Waals surface area contributed by atoms with Crippen LogP contribution >= 0.6 is 0 Å². The summed E-state index contributed by atoms with van der Waals surface area (Å²) in [5.74, 6) is -0.578. The van der Waals surface area contributed by atoms with Gasteiger partial charge in [0.25, 0.3) is 5.69 Å². The lowest BCUT2D eigenvalue weighted by Gasteiger charge is -1.99. The summed E-state index contributed by atoms with van der Waals surface area (Å²) in [6.07, 6.45) is 1.60. The van der Waals surface area contributed by atoms with E-state index in [1.807, 2.05) is 0 Å². The quantitative estimate of drug-likeness (QED) is 0.288. The van der Waals surface area contributed by atoms with E-state index >= 15 is 0 Å². The molecule has 0 aliphatic heterocycles. The number of carbonyl (C=O) groups is 1. The molecule has 0 aliphatic carbocycles. The van der Waals surface area contributed by atoms with E-state index in [4.69, 9.17) is 10.6 Å². The lowest BCUT2D eigenvalue weighted by molar-refractivity contribution is -0.384. The number of non-ortho nitro benzene ring substituents is 1. The number of H-pyrrole nitrogens is 1. The number of benzene rings is 1. The maximum absolute atomic E-state index is 11.6. The largest absolute Gasteiger partial charge is 0.375 e. The molecule has 8 heteroatoms. The van der Waals surface area contributed by atoms with E-state index in [1.54, 1.807) is 24.4 Å². The van der Waals surface area contributed by atoms with Crippen molar-refractivity contribution in [3.63, 3.8) is 0 Å². The Morgan fingerprint density at radius 1 is 1.27 bits per heavy atom. The number of nitrogens with one attached hydrogen (secondary N) is 1. The van der Waals surface area contributed by atoms with Gasteiger partial charge >= 0.3 is 5.97 Å². The summed E-state index contributed by atoms with van der Waals surface area (Å²) in [5.41, 5.74) is 6.71. The molecule has 0 bridgehead atoms. The lowest BCUT2D eigenvalue weighted by atomic mass is 10.1. The number of rotatable bonds is 5. The van der Waals surface area contributed by atoms with Gasteiger partial charge in [-0.1, -0.05) is 17.3 Å². The first-order chi connectivity index (χ1) is 10.6. The average molecular weight is 301 g/mol. The van der Waals surface area contributed by atoms with Crippen LogP contribution in [0.5, 0.6) is 0 Å². The van der Waals surface area contributed by atoms with Gasteiger partial charge in [-0.25, -0.2) is 9.78 Å². The van der Waals surface area contributed by atoms with Crippen LogP contribution in [0.3, 0.4) is 0 Å². The molecule has 1 aromatic heterocycles. The Morgan fingerprint density at radius 3 is 2.59 bits per heavy atom. The van der Waals surface area contributed by atoms with E-state index < -0.39 is 10.9 Å². The second kappa shape index (κ2) is 6.93. The predicted octanol–water partition coefficient (Wildman–Crippen LogP) is 0.815. The zero-order chi connectivity index (χ0) is 15.9. The van der Waals surface area contributed by atoms with Crippen molar-refractivity contribution in [2.24, 2.45) is 10.9 Å². The molecular weight excluding hydrogens is 288 g/mol. The Balaban J connectivity index is 1.94. The van der Waals surface area contributed by atoms with Gasteiger partial charge in [0.05, 0.1) is 11.3 Å². The van der Waals surface area contributed by atoms with Crippen LogP contribution in [0.1, 0.15) is 11.3 Å². The summed E-state index contributed by atoms with van der Waals surface area (Å²) in [6, 6.07) is 10.8. The topological polar surface area (TPSA) is 122 Å². The number of nitro groups is 1. The molecular formula is C14H13N4O4+. The van der Waals surface area contributed by atoms with Crippen molar-refractivity contribution in [2.45, 2.75) is 6.42 Å². The number of amidine groups is 1. The van der Waals surface area contributed by atoms with E-state index in [0.717, 1.165) is 0 Å². The third kappa shape index (κ3) is 4.10. The summed E-state index contributed by atoms with van der Waals surface area (Å²) >= 11 is 0. The fourth-order valence-corrected chi connectivity index (χ4v) is 1.64. The van der Waals surface area contributed by atoms with Crippen molar-refractivity contribution in [1.82, 2.24) is 0 Å². The van der Waals surface area contributed by atoms with Crippen LogP contribution in [-0.2, 0) is 16.1 Å². The second-order valence-corrected chi connectivity index (χ2v) is 4.32. The lowest BCUT2D eigenvalue weighted by Crippen LogP contribution is -2.24. The van der Waals surface area contributed by atoms with Crippen LogP contribution in [0.15, 0.2) is 53.8 Å². The molecule has 8 nitrogen and oxygen atoms in total. The van der Waals surface area contributed by atoms with E-state index in [2.05, 4.69) is 10.1 Å². The molecule has 22 heavy (non-hydrogen) atoms. The zero-order valence-electron chi connectivity index (χ0n) is 11.4. The van der Waals surface area contributed by atoms with Crippen LogP contribution in [0.4, 0.5) is 5.69 Å². The molecule has 0 saturated carbocycles. The zero-order valence-corrected chi connectivity index (χ0v) is 11.4. The molecule has 0 spiro atoms. The maximum atomic E-state index is 11.6. The minimum absolute atomic E-state index is 0.0395. The Labute approximate surface area is 125 Å². The molecule has 0 aliphatic rings. The summed E-state index contributed by atoms with van der Waals surface area (Å²) in [6.45, 7) is 0. The van der Waals surface area contributed by atoms with Gasteiger partial charge in [0.15, 0.2) is 6.20 Å². The van der Waals surface area contributed by atoms with Crippen molar-refractivity contribution < 1.29 is 19.5 Å². The van der Waals surface area contributed by atoms with Crippen LogP contribution in [0, 0.1) is 10.1 Å². The summed E-state index contributed by atoms with van der Waals surface area (Å²) in [7, 11) is 0. The molecule has 3 N–H and O–H groups in total. The van der Waals surface area contributed by atoms with Gasteiger partial charge in [-0.15, -0.1) is 0 Å². The molecule has 2 rings (SSSR count). The first-order valence-corrected chi connectivity index (χ1v) is 6.30. The second-order valence-electron chi connectivity index (χ2n) is 4.32. The predicted molar refractivity (Wildman–Crippen MR) is 76.6 cm³/mol. The number of nitrogens with zero attached hydrogens (tertiary/aromatic N) is 2. The molecule has 0 radical (unpaired) electrons. The molecule has 0 atom stereocenters. The number of pyridine rings is 1. The Hall–Kier alpha value is -3.29. The molecule has 1 aromatic carbocycles. The molecule has 0 amide bonds. The van der Waals surface area contributed by atoms with Crippen LogP contribution in [0.2, 0.25) is 0 Å². The Kier molecular flexibility index (Phi) is 4.76. The monoisotopic (exact) mass is 301 g/mol. The number of nitro benzene ring substituents is 1. The highest BCUT2D eigenvalue weighted by Gasteiger charge is 2.10. The minimum atomic E-state index is -0.618. The van der Waals surface area contributed by atoms with Crippen LogP contribution in [0.25, 0.3) is 0 Å². The van der Waals surface area contributed by atoms with E-state index in [9.17, 15) is 14.9 Å². The number of aromatic nitrogens is 1. The van der Waals surface area contributed by atoms with Crippen LogP contribution in [-0.4, -0.2) is 16.7 Å². The van der Waals surface area contributed by atoms with Crippen molar-refractivity contribution in [2.75, 3.05) is 0 Å². The summed E-state index contributed by atoms with van der Waals surface area (Å²) < 4.78 is 0. The van der Waals surface area contributed by atoms with Crippen LogP contribution < -0.4 is 10.7 Å². The standard InChI is InChI=1S/C14H12N4O4/c15-14(12-3-1-2-8-16-12)17-22-13(19)9-10-4-6-11(7-5-10)18(20)21/h1-8H,9H2,(H2,15,17)/p+1. The van der Waals surface area contributed by atoms with E-state index in [-0.39, 0.29) is 17.9 Å². The van der Waals surface area contributed by atoms with Crippen molar-refractivity contribution in [1.29, 1.82) is 0 Å². The highest BCUT2D eigenvalue weighted by atomic mass is 16.7. The average Bonchev–Trinajstić information content (AvgIpc) is 2.54. The van der Waals surface area contributed by atoms with Gasteiger partial charge < -0.3 is 10.6 Å². The maximum Gasteiger partial charge on any atom is 0.339 e. The number of hydrogen-bond acceptors (Lipinski definition) is 5. The number of hydrogen-bond donors (Lipinski definition) is 1. The fraction of sp³-hybridized carbons (Fsp3) is 0.0714. The molecule has 0 unspecified atom stereocenters. The molecule has 1 heterocycles. The molecule has 0 fully saturated rings. The van der Waals surface area contributed by atoms with Gasteiger partial charge in [-0.3, -0.25) is 10.1 Å². The molecule has 0 saturated heterocycles. The third-order valence-electron chi connectivity index (χ3n) is 2.73. The van der Waals surface area contributed by atoms with Gasteiger partial charge in [0.2, 0.25) is 11.5 Å².